The zero-order valence-corrected chi connectivity index (χ0v) is 21.9. The Morgan fingerprint density at radius 1 is 1.30 bits per heavy atom. The van der Waals surface area contributed by atoms with Gasteiger partial charge in [0.1, 0.15) is 5.82 Å². The summed E-state index contributed by atoms with van der Waals surface area (Å²) in [5.41, 5.74) is 4.79. The average molecular weight is 450 g/mol. The molecule has 1 N–H and O–H groups in total. The molecule has 1 aromatic rings. The van der Waals surface area contributed by atoms with Crippen molar-refractivity contribution in [2.45, 2.75) is 86.0 Å². The van der Waals surface area contributed by atoms with E-state index in [-0.39, 0.29) is 0 Å². The van der Waals surface area contributed by atoms with E-state index in [4.69, 9.17) is 0 Å². The zero-order valence-electron chi connectivity index (χ0n) is 21.9. The molecule has 0 saturated heterocycles. The maximum Gasteiger partial charge on any atom is 0.128 e. The van der Waals surface area contributed by atoms with Gasteiger partial charge in [0.2, 0.25) is 0 Å². The normalized spacial score (nSPS) is 20.4. The van der Waals surface area contributed by atoms with E-state index in [0.717, 1.165) is 29.9 Å². The molecule has 1 aliphatic rings. The average Bonchev–Trinajstić information content (AvgIpc) is 3.37. The van der Waals surface area contributed by atoms with E-state index in [1.54, 1.807) is 0 Å². The number of allylic oxidation sites excluding steroid dienone is 5. The topological polar surface area (TPSA) is 29.9 Å². The standard InChI is InChI=1S/C30H47N3/c1-8-11-16-27(10-3)22-31-30(33-26(7)25(6)21-32-33)20-24(5)28(14-9-2)18-13-19-29-17-12-15-23(29)4/h8,10-11,16,20-21,23,28-29,31H,1,5,9,12-15,17-19,22H2,2-4,6-7H3/b16-11-,27-10+,30-20-. The second-order valence-corrected chi connectivity index (χ2v) is 9.83. The Hall–Kier alpha value is -2.29. The summed E-state index contributed by atoms with van der Waals surface area (Å²) in [6.07, 6.45) is 22.8. The van der Waals surface area contributed by atoms with Gasteiger partial charge in [-0.1, -0.05) is 89.8 Å². The lowest BCUT2D eigenvalue weighted by molar-refractivity contribution is 0.361. The van der Waals surface area contributed by atoms with Crippen molar-refractivity contribution in [3.8, 4) is 0 Å². The lowest BCUT2D eigenvalue weighted by Crippen LogP contribution is -2.22. The Kier molecular flexibility index (Phi) is 11.5. The van der Waals surface area contributed by atoms with Gasteiger partial charge >= 0.3 is 0 Å². The van der Waals surface area contributed by atoms with Crippen LogP contribution in [0, 0.1) is 31.6 Å². The molecule has 1 fully saturated rings. The van der Waals surface area contributed by atoms with Gasteiger partial charge in [-0.3, -0.25) is 0 Å². The zero-order chi connectivity index (χ0) is 24.2. The van der Waals surface area contributed by atoms with Crippen molar-refractivity contribution in [1.29, 1.82) is 0 Å². The Bertz CT molecular complexity index is 852. The van der Waals surface area contributed by atoms with Crippen LogP contribution in [0.1, 0.15) is 83.4 Å². The van der Waals surface area contributed by atoms with Crippen LogP contribution in [0.4, 0.5) is 0 Å². The fraction of sp³-hybridized carbons (Fsp3) is 0.567. The number of hydrogen-bond acceptors (Lipinski definition) is 2. The molecule has 0 spiro atoms. The van der Waals surface area contributed by atoms with Crippen LogP contribution in [0.3, 0.4) is 0 Å². The summed E-state index contributed by atoms with van der Waals surface area (Å²) in [6, 6.07) is 0. The van der Waals surface area contributed by atoms with Crippen LogP contribution in [0.5, 0.6) is 0 Å². The quantitative estimate of drug-likeness (QED) is 0.290. The molecule has 1 aromatic heterocycles. The van der Waals surface area contributed by atoms with Gasteiger partial charge in [0.15, 0.2) is 0 Å². The predicted octanol–water partition coefficient (Wildman–Crippen LogP) is 8.16. The predicted molar refractivity (Wildman–Crippen MR) is 145 cm³/mol. The van der Waals surface area contributed by atoms with Gasteiger partial charge in [0.05, 0.1) is 6.20 Å². The first-order chi connectivity index (χ1) is 15.9. The number of nitrogens with one attached hydrogen (secondary N) is 1. The van der Waals surface area contributed by atoms with Crippen molar-refractivity contribution in [2.75, 3.05) is 6.54 Å². The summed E-state index contributed by atoms with van der Waals surface area (Å²) >= 11 is 0. The Labute approximate surface area is 203 Å². The third-order valence-electron chi connectivity index (χ3n) is 7.42. The van der Waals surface area contributed by atoms with Crippen LogP contribution in [0.2, 0.25) is 0 Å². The molecular formula is C30H47N3. The van der Waals surface area contributed by atoms with Gasteiger partial charge in [-0.25, -0.2) is 4.68 Å². The maximum atomic E-state index is 4.65. The molecule has 33 heavy (non-hydrogen) atoms. The molecule has 0 aliphatic heterocycles. The van der Waals surface area contributed by atoms with Crippen molar-refractivity contribution in [2.24, 2.45) is 17.8 Å². The molecular weight excluding hydrogens is 402 g/mol. The highest BCUT2D eigenvalue weighted by Gasteiger charge is 2.23. The van der Waals surface area contributed by atoms with E-state index in [1.807, 2.05) is 23.0 Å². The van der Waals surface area contributed by atoms with Crippen molar-refractivity contribution >= 4 is 5.82 Å². The molecule has 1 heterocycles. The second-order valence-electron chi connectivity index (χ2n) is 9.83. The first kappa shape index (κ1) is 27.0. The van der Waals surface area contributed by atoms with Gasteiger partial charge < -0.3 is 5.32 Å². The van der Waals surface area contributed by atoms with Crippen molar-refractivity contribution in [3.63, 3.8) is 0 Å². The summed E-state index contributed by atoms with van der Waals surface area (Å²) in [5.74, 6) is 3.38. The molecule has 3 unspecified atom stereocenters. The highest BCUT2D eigenvalue weighted by atomic mass is 15.3. The fourth-order valence-corrected chi connectivity index (χ4v) is 5.00. The van der Waals surface area contributed by atoms with Crippen LogP contribution < -0.4 is 5.32 Å². The Morgan fingerprint density at radius 2 is 2.09 bits per heavy atom. The number of aromatic nitrogens is 2. The summed E-state index contributed by atoms with van der Waals surface area (Å²) in [5, 5.41) is 8.29. The first-order valence-corrected chi connectivity index (χ1v) is 13.0. The van der Waals surface area contributed by atoms with Crippen LogP contribution in [-0.2, 0) is 0 Å². The number of nitrogens with zero attached hydrogens (tertiary/aromatic N) is 2. The highest BCUT2D eigenvalue weighted by molar-refractivity contribution is 5.50. The van der Waals surface area contributed by atoms with E-state index in [9.17, 15) is 0 Å². The largest absolute Gasteiger partial charge is 0.366 e. The van der Waals surface area contributed by atoms with Gasteiger partial charge in [0, 0.05) is 12.2 Å². The van der Waals surface area contributed by atoms with Gasteiger partial charge in [-0.15, -0.1) is 0 Å². The van der Waals surface area contributed by atoms with Crippen LogP contribution in [-0.4, -0.2) is 16.3 Å². The first-order valence-electron chi connectivity index (χ1n) is 13.0. The van der Waals surface area contributed by atoms with E-state index >= 15 is 0 Å². The lowest BCUT2D eigenvalue weighted by atomic mass is 9.86. The summed E-state index contributed by atoms with van der Waals surface area (Å²) in [6.45, 7) is 20.1. The molecule has 0 aromatic carbocycles. The molecule has 3 heteroatoms. The minimum Gasteiger partial charge on any atom is -0.366 e. The van der Waals surface area contributed by atoms with Crippen molar-refractivity contribution < 1.29 is 0 Å². The third-order valence-corrected chi connectivity index (χ3v) is 7.42. The molecule has 0 amide bonds. The molecule has 0 bridgehead atoms. The number of aryl methyl sites for hydroxylation is 1. The van der Waals surface area contributed by atoms with Crippen LogP contribution in [0.25, 0.3) is 5.82 Å². The molecule has 1 aliphatic carbocycles. The Balaban J connectivity index is 2.15. The smallest absolute Gasteiger partial charge is 0.128 e. The van der Waals surface area contributed by atoms with E-state index in [0.29, 0.717) is 5.92 Å². The highest BCUT2D eigenvalue weighted by Crippen LogP contribution is 2.36. The summed E-state index contributed by atoms with van der Waals surface area (Å²) < 4.78 is 2.02. The third kappa shape index (κ3) is 8.21. The molecule has 3 nitrogen and oxygen atoms in total. The number of hydrogen-bond donors (Lipinski definition) is 1. The van der Waals surface area contributed by atoms with Gasteiger partial charge in [-0.2, -0.15) is 5.10 Å². The molecule has 2 rings (SSSR count). The summed E-state index contributed by atoms with van der Waals surface area (Å²) in [7, 11) is 0. The van der Waals surface area contributed by atoms with Crippen LogP contribution >= 0.6 is 0 Å². The molecule has 1 saturated carbocycles. The van der Waals surface area contributed by atoms with E-state index in [2.05, 4.69) is 76.4 Å². The lowest BCUT2D eigenvalue weighted by Gasteiger charge is -2.21. The van der Waals surface area contributed by atoms with Crippen molar-refractivity contribution in [1.82, 2.24) is 15.1 Å². The monoisotopic (exact) mass is 449 g/mol. The summed E-state index contributed by atoms with van der Waals surface area (Å²) in [4.78, 5) is 0. The van der Waals surface area contributed by atoms with E-state index < -0.39 is 0 Å². The Morgan fingerprint density at radius 3 is 2.67 bits per heavy atom. The molecule has 0 radical (unpaired) electrons. The van der Waals surface area contributed by atoms with Crippen LogP contribution in [0.15, 0.2) is 60.9 Å². The minimum atomic E-state index is 0.530. The van der Waals surface area contributed by atoms with Crippen molar-refractivity contribution in [3.05, 3.63) is 72.1 Å². The van der Waals surface area contributed by atoms with E-state index in [1.165, 1.54) is 68.1 Å². The number of rotatable bonds is 14. The molecule has 3 atom stereocenters. The molecule has 182 valence electrons. The second kappa shape index (κ2) is 14.1. The minimum absolute atomic E-state index is 0.530. The van der Waals surface area contributed by atoms with Gasteiger partial charge in [-0.05, 0) is 74.2 Å². The van der Waals surface area contributed by atoms with Gasteiger partial charge in [0.25, 0.3) is 0 Å². The fourth-order valence-electron chi connectivity index (χ4n) is 5.00. The maximum absolute atomic E-state index is 4.65. The SMILES string of the molecule is C=C/C=C\C(=C/C)CN/C(=C/C(=C)C(CCC)CCCC1CCCC1C)n1ncc(C)c1C.